The van der Waals surface area contributed by atoms with E-state index in [0.717, 1.165) is 23.3 Å². The van der Waals surface area contributed by atoms with Crippen molar-refractivity contribution in [2.75, 3.05) is 34.9 Å². The lowest BCUT2D eigenvalue weighted by atomic mass is 10.1. The number of benzene rings is 2. The fourth-order valence-corrected chi connectivity index (χ4v) is 2.45. The molecule has 138 valence electrons. The minimum absolute atomic E-state index is 0.0405. The van der Waals surface area contributed by atoms with Gasteiger partial charge in [0.1, 0.15) is 5.75 Å². The Labute approximate surface area is 154 Å². The van der Waals surface area contributed by atoms with Gasteiger partial charge in [-0.25, -0.2) is 0 Å². The summed E-state index contributed by atoms with van der Waals surface area (Å²) < 4.78 is 15.7. The SMILES string of the molecule is COc1ccc(/C=C/C(=O)N(C)CCc2ccc(OC)c(OC)c2)cc1. The fourth-order valence-electron chi connectivity index (χ4n) is 2.45. The molecular weight excluding hydrogens is 330 g/mol. The van der Waals surface area contributed by atoms with Crippen molar-refractivity contribution in [3.63, 3.8) is 0 Å². The van der Waals surface area contributed by atoms with Crippen LogP contribution in [0.5, 0.6) is 17.2 Å². The van der Waals surface area contributed by atoms with Gasteiger partial charge in [-0.2, -0.15) is 0 Å². The lowest BCUT2D eigenvalue weighted by molar-refractivity contribution is -0.124. The Bertz CT molecular complexity index is 753. The molecule has 2 aromatic rings. The number of nitrogens with zero attached hydrogens (tertiary/aromatic N) is 1. The Hall–Kier alpha value is -2.95. The predicted molar refractivity (Wildman–Crippen MR) is 103 cm³/mol. The third-order valence-electron chi connectivity index (χ3n) is 4.09. The Morgan fingerprint density at radius 1 is 0.962 bits per heavy atom. The maximum absolute atomic E-state index is 12.3. The summed E-state index contributed by atoms with van der Waals surface area (Å²) in [4.78, 5) is 13.9. The van der Waals surface area contributed by atoms with Gasteiger partial charge in [-0.1, -0.05) is 18.2 Å². The molecule has 0 atom stereocenters. The summed E-state index contributed by atoms with van der Waals surface area (Å²) in [6.07, 6.45) is 4.12. The van der Waals surface area contributed by atoms with Gasteiger partial charge in [-0.15, -0.1) is 0 Å². The van der Waals surface area contributed by atoms with Crippen LogP contribution in [0, 0.1) is 0 Å². The van der Waals surface area contributed by atoms with Crippen LogP contribution < -0.4 is 14.2 Å². The van der Waals surface area contributed by atoms with Crippen LogP contribution in [0.2, 0.25) is 0 Å². The van der Waals surface area contributed by atoms with Crippen LogP contribution >= 0.6 is 0 Å². The lowest BCUT2D eigenvalue weighted by Crippen LogP contribution is -2.27. The summed E-state index contributed by atoms with van der Waals surface area (Å²) in [5, 5.41) is 0. The minimum atomic E-state index is -0.0405. The van der Waals surface area contributed by atoms with Gasteiger partial charge in [0.15, 0.2) is 11.5 Å². The number of carbonyl (C=O) groups is 1. The molecule has 0 heterocycles. The van der Waals surface area contributed by atoms with Gasteiger partial charge in [-0.3, -0.25) is 4.79 Å². The zero-order valence-corrected chi connectivity index (χ0v) is 15.7. The first-order valence-corrected chi connectivity index (χ1v) is 8.35. The Morgan fingerprint density at radius 3 is 2.27 bits per heavy atom. The second-order valence-corrected chi connectivity index (χ2v) is 5.81. The van der Waals surface area contributed by atoms with Gasteiger partial charge < -0.3 is 19.1 Å². The normalized spacial score (nSPS) is 10.6. The van der Waals surface area contributed by atoms with Gasteiger partial charge in [0, 0.05) is 19.7 Å². The molecule has 2 aromatic carbocycles. The summed E-state index contributed by atoms with van der Waals surface area (Å²) in [5.74, 6) is 2.14. The standard InChI is InChI=1S/C21H25NO4/c1-22(14-13-17-7-11-19(25-3)20(15-17)26-4)21(23)12-8-16-5-9-18(24-2)10-6-16/h5-12,15H,13-14H2,1-4H3/b12-8+. The van der Waals surface area contributed by atoms with Crippen LogP contribution in [0.3, 0.4) is 0 Å². The summed E-state index contributed by atoms with van der Waals surface area (Å²) in [7, 11) is 6.64. The van der Waals surface area contributed by atoms with Gasteiger partial charge in [0.05, 0.1) is 21.3 Å². The van der Waals surface area contributed by atoms with Gasteiger partial charge in [-0.05, 0) is 47.9 Å². The fraction of sp³-hybridized carbons (Fsp3) is 0.286. The molecule has 0 aromatic heterocycles. The molecule has 0 N–H and O–H groups in total. The van der Waals surface area contributed by atoms with Crippen LogP contribution in [0.25, 0.3) is 6.08 Å². The highest BCUT2D eigenvalue weighted by molar-refractivity contribution is 5.91. The lowest BCUT2D eigenvalue weighted by Gasteiger charge is -2.16. The average Bonchev–Trinajstić information content (AvgIpc) is 2.70. The van der Waals surface area contributed by atoms with Crippen LogP contribution in [-0.2, 0) is 11.2 Å². The number of amides is 1. The second kappa shape index (κ2) is 9.51. The van der Waals surface area contributed by atoms with Gasteiger partial charge in [0.2, 0.25) is 5.91 Å². The quantitative estimate of drug-likeness (QED) is 0.681. The van der Waals surface area contributed by atoms with Crippen molar-refractivity contribution >= 4 is 12.0 Å². The predicted octanol–water partition coefficient (Wildman–Crippen LogP) is 3.43. The molecule has 0 saturated heterocycles. The third kappa shape index (κ3) is 5.28. The molecule has 0 aliphatic heterocycles. The molecule has 0 aliphatic rings. The van der Waals surface area contributed by atoms with E-state index in [1.165, 1.54) is 0 Å². The van der Waals surface area contributed by atoms with Crippen molar-refractivity contribution in [2.45, 2.75) is 6.42 Å². The topological polar surface area (TPSA) is 48.0 Å². The zero-order valence-electron chi connectivity index (χ0n) is 15.7. The smallest absolute Gasteiger partial charge is 0.246 e. The molecule has 0 bridgehead atoms. The third-order valence-corrected chi connectivity index (χ3v) is 4.09. The van der Waals surface area contributed by atoms with Crippen LogP contribution in [0.15, 0.2) is 48.5 Å². The van der Waals surface area contributed by atoms with Gasteiger partial charge >= 0.3 is 0 Å². The van der Waals surface area contributed by atoms with Crippen molar-refractivity contribution < 1.29 is 19.0 Å². The molecule has 0 fully saturated rings. The molecule has 5 heteroatoms. The van der Waals surface area contributed by atoms with Crippen LogP contribution in [0.1, 0.15) is 11.1 Å². The van der Waals surface area contributed by atoms with E-state index in [-0.39, 0.29) is 5.91 Å². The highest BCUT2D eigenvalue weighted by Crippen LogP contribution is 2.27. The molecule has 0 unspecified atom stereocenters. The Morgan fingerprint density at radius 2 is 1.65 bits per heavy atom. The minimum Gasteiger partial charge on any atom is -0.497 e. The molecule has 5 nitrogen and oxygen atoms in total. The van der Waals surface area contributed by atoms with E-state index in [2.05, 4.69) is 0 Å². The van der Waals surface area contributed by atoms with Gasteiger partial charge in [0.25, 0.3) is 0 Å². The largest absolute Gasteiger partial charge is 0.497 e. The van der Waals surface area contributed by atoms with E-state index in [4.69, 9.17) is 14.2 Å². The van der Waals surface area contributed by atoms with Crippen LogP contribution in [-0.4, -0.2) is 45.7 Å². The number of ether oxygens (including phenoxy) is 3. The molecular formula is C21H25NO4. The first-order chi connectivity index (χ1) is 12.6. The van der Waals surface area contributed by atoms with E-state index in [9.17, 15) is 4.79 Å². The van der Waals surface area contributed by atoms with E-state index < -0.39 is 0 Å². The summed E-state index contributed by atoms with van der Waals surface area (Å²) in [6.45, 7) is 0.612. The molecule has 0 radical (unpaired) electrons. The number of rotatable bonds is 8. The molecule has 0 spiro atoms. The molecule has 0 saturated carbocycles. The maximum Gasteiger partial charge on any atom is 0.246 e. The van der Waals surface area contributed by atoms with Crippen molar-refractivity contribution in [1.82, 2.24) is 4.90 Å². The van der Waals surface area contributed by atoms with Crippen molar-refractivity contribution in [1.29, 1.82) is 0 Å². The maximum atomic E-state index is 12.3. The van der Waals surface area contributed by atoms with E-state index in [1.54, 1.807) is 45.4 Å². The summed E-state index contributed by atoms with van der Waals surface area (Å²) in [6, 6.07) is 13.3. The Kier molecular flexibility index (Phi) is 7.09. The Balaban J connectivity index is 1.91. The molecule has 0 aliphatic carbocycles. The summed E-state index contributed by atoms with van der Waals surface area (Å²) in [5.41, 5.74) is 2.04. The van der Waals surface area contributed by atoms with E-state index >= 15 is 0 Å². The first-order valence-electron chi connectivity index (χ1n) is 8.35. The van der Waals surface area contributed by atoms with E-state index in [0.29, 0.717) is 18.0 Å². The molecule has 1 amide bonds. The molecule has 2 rings (SSSR count). The van der Waals surface area contributed by atoms with Crippen LogP contribution in [0.4, 0.5) is 0 Å². The number of methoxy groups -OCH3 is 3. The monoisotopic (exact) mass is 355 g/mol. The van der Waals surface area contributed by atoms with Crippen molar-refractivity contribution in [2.24, 2.45) is 0 Å². The number of hydrogen-bond donors (Lipinski definition) is 0. The first kappa shape index (κ1) is 19.4. The number of carbonyl (C=O) groups excluding carboxylic acids is 1. The molecule has 26 heavy (non-hydrogen) atoms. The van der Waals surface area contributed by atoms with Crippen molar-refractivity contribution in [3.05, 3.63) is 59.7 Å². The average molecular weight is 355 g/mol. The second-order valence-electron chi connectivity index (χ2n) is 5.81. The number of hydrogen-bond acceptors (Lipinski definition) is 4. The zero-order chi connectivity index (χ0) is 18.9. The number of likely N-dealkylation sites (N-methyl/N-ethyl adjacent to an activating group) is 1. The van der Waals surface area contributed by atoms with Crippen molar-refractivity contribution in [3.8, 4) is 17.2 Å². The highest BCUT2D eigenvalue weighted by Gasteiger charge is 2.08. The summed E-state index contributed by atoms with van der Waals surface area (Å²) >= 11 is 0. The highest BCUT2D eigenvalue weighted by atomic mass is 16.5. The van der Waals surface area contributed by atoms with E-state index in [1.807, 2.05) is 42.5 Å².